The monoisotopic (exact) mass is 173 g/mol. The van der Waals surface area contributed by atoms with Gasteiger partial charge in [0.2, 0.25) is 5.91 Å². The summed E-state index contributed by atoms with van der Waals surface area (Å²) in [5, 5.41) is 9.34. The first-order valence-corrected chi connectivity index (χ1v) is 4.48. The number of aliphatic hydroxyl groups is 1. The lowest BCUT2D eigenvalue weighted by molar-refractivity contribution is -0.118. The van der Waals surface area contributed by atoms with Crippen LogP contribution in [0.3, 0.4) is 0 Å². The number of nitrogens with two attached hydrogens (primary N) is 1. The molecule has 3 N–H and O–H groups in total. The Morgan fingerprint density at radius 2 is 1.92 bits per heavy atom. The summed E-state index contributed by atoms with van der Waals surface area (Å²) < 4.78 is 0. The van der Waals surface area contributed by atoms with Crippen LogP contribution in [0, 0.1) is 5.92 Å². The molecule has 0 aromatic rings. The summed E-state index contributed by atoms with van der Waals surface area (Å²) in [7, 11) is 0. The second-order valence-electron chi connectivity index (χ2n) is 3.63. The minimum Gasteiger partial charge on any atom is -0.393 e. The summed E-state index contributed by atoms with van der Waals surface area (Å²) in [5.74, 6) is 0.270. The third-order valence-electron chi connectivity index (χ3n) is 1.80. The third kappa shape index (κ3) is 7.54. The minimum atomic E-state index is -0.361. The molecule has 0 saturated carbocycles. The number of hydrogen-bond acceptors (Lipinski definition) is 2. The topological polar surface area (TPSA) is 63.3 Å². The highest BCUT2D eigenvalue weighted by atomic mass is 16.3. The van der Waals surface area contributed by atoms with E-state index in [1.54, 1.807) is 0 Å². The van der Waals surface area contributed by atoms with Gasteiger partial charge in [-0.25, -0.2) is 0 Å². The van der Waals surface area contributed by atoms with Crippen molar-refractivity contribution in [2.45, 2.75) is 45.6 Å². The van der Waals surface area contributed by atoms with E-state index in [9.17, 15) is 9.90 Å². The van der Waals surface area contributed by atoms with E-state index in [0.717, 1.165) is 12.8 Å². The zero-order chi connectivity index (χ0) is 9.56. The molecule has 0 saturated heterocycles. The van der Waals surface area contributed by atoms with E-state index in [1.165, 1.54) is 0 Å². The first kappa shape index (κ1) is 11.4. The normalized spacial score (nSPS) is 13.3. The molecule has 0 bridgehead atoms. The van der Waals surface area contributed by atoms with Crippen LogP contribution in [0.25, 0.3) is 0 Å². The second-order valence-corrected chi connectivity index (χ2v) is 3.63. The zero-order valence-corrected chi connectivity index (χ0v) is 7.92. The fraction of sp³-hybridized carbons (Fsp3) is 0.889. The standard InChI is InChI=1S/C9H19NO2/c1-7(2)3-4-8(11)5-6-9(10)12/h7-8,11H,3-6H2,1-2H3,(H2,10,12). The van der Waals surface area contributed by atoms with Crippen molar-refractivity contribution in [3.05, 3.63) is 0 Å². The van der Waals surface area contributed by atoms with Gasteiger partial charge in [0.1, 0.15) is 0 Å². The molecule has 1 amide bonds. The molecule has 12 heavy (non-hydrogen) atoms. The fourth-order valence-electron chi connectivity index (χ4n) is 0.979. The van der Waals surface area contributed by atoms with Crippen LogP contribution in [-0.4, -0.2) is 17.1 Å². The fourth-order valence-corrected chi connectivity index (χ4v) is 0.979. The van der Waals surface area contributed by atoms with Gasteiger partial charge < -0.3 is 10.8 Å². The predicted molar refractivity (Wildman–Crippen MR) is 48.5 cm³/mol. The SMILES string of the molecule is CC(C)CCC(O)CCC(N)=O. The van der Waals surface area contributed by atoms with Gasteiger partial charge in [0, 0.05) is 6.42 Å². The van der Waals surface area contributed by atoms with Crippen molar-refractivity contribution < 1.29 is 9.90 Å². The molecule has 0 fully saturated rings. The van der Waals surface area contributed by atoms with E-state index in [2.05, 4.69) is 13.8 Å². The summed E-state index contributed by atoms with van der Waals surface area (Å²) in [6, 6.07) is 0. The Hall–Kier alpha value is -0.570. The van der Waals surface area contributed by atoms with Gasteiger partial charge in [0.15, 0.2) is 0 Å². The van der Waals surface area contributed by atoms with Crippen molar-refractivity contribution in [3.8, 4) is 0 Å². The summed E-state index contributed by atoms with van der Waals surface area (Å²) in [6.07, 6.45) is 2.20. The van der Waals surface area contributed by atoms with E-state index in [1.807, 2.05) is 0 Å². The highest BCUT2D eigenvalue weighted by Gasteiger charge is 2.06. The Morgan fingerprint density at radius 3 is 2.33 bits per heavy atom. The smallest absolute Gasteiger partial charge is 0.217 e. The number of carbonyl (C=O) groups is 1. The first-order valence-electron chi connectivity index (χ1n) is 4.48. The van der Waals surface area contributed by atoms with Crippen molar-refractivity contribution >= 4 is 5.91 Å². The van der Waals surface area contributed by atoms with E-state index in [-0.39, 0.29) is 12.0 Å². The lowest BCUT2D eigenvalue weighted by atomic mass is 10.0. The van der Waals surface area contributed by atoms with Crippen LogP contribution in [-0.2, 0) is 4.79 Å². The van der Waals surface area contributed by atoms with E-state index in [0.29, 0.717) is 18.8 Å². The Morgan fingerprint density at radius 1 is 1.33 bits per heavy atom. The van der Waals surface area contributed by atoms with Gasteiger partial charge in [-0.05, 0) is 25.2 Å². The maximum Gasteiger partial charge on any atom is 0.217 e. The van der Waals surface area contributed by atoms with Crippen molar-refractivity contribution in [1.29, 1.82) is 0 Å². The van der Waals surface area contributed by atoms with Crippen molar-refractivity contribution in [3.63, 3.8) is 0 Å². The van der Waals surface area contributed by atoms with Gasteiger partial charge >= 0.3 is 0 Å². The Balaban J connectivity index is 3.33. The van der Waals surface area contributed by atoms with Gasteiger partial charge in [-0.1, -0.05) is 13.8 Å². The highest BCUT2D eigenvalue weighted by molar-refractivity contribution is 5.73. The van der Waals surface area contributed by atoms with Gasteiger partial charge in [0.25, 0.3) is 0 Å². The van der Waals surface area contributed by atoms with Crippen molar-refractivity contribution in [2.75, 3.05) is 0 Å². The highest BCUT2D eigenvalue weighted by Crippen LogP contribution is 2.09. The molecular weight excluding hydrogens is 154 g/mol. The van der Waals surface area contributed by atoms with Crippen LogP contribution < -0.4 is 5.73 Å². The van der Waals surface area contributed by atoms with Crippen molar-refractivity contribution in [1.82, 2.24) is 0 Å². The molecule has 0 aliphatic carbocycles. The quantitative estimate of drug-likeness (QED) is 0.630. The lowest BCUT2D eigenvalue weighted by Gasteiger charge is -2.10. The molecule has 0 aliphatic rings. The van der Waals surface area contributed by atoms with Gasteiger partial charge in [0.05, 0.1) is 6.10 Å². The third-order valence-corrected chi connectivity index (χ3v) is 1.80. The lowest BCUT2D eigenvalue weighted by Crippen LogP contribution is -2.15. The van der Waals surface area contributed by atoms with Crippen LogP contribution in [0.5, 0.6) is 0 Å². The molecular formula is C9H19NO2. The van der Waals surface area contributed by atoms with E-state index in [4.69, 9.17) is 5.73 Å². The Kier molecular flexibility index (Phi) is 5.72. The average Bonchev–Trinajstić information content (AvgIpc) is 1.96. The molecule has 1 atom stereocenters. The number of primary amides is 1. The second kappa shape index (κ2) is 6.00. The number of aliphatic hydroxyl groups excluding tert-OH is 1. The summed E-state index contributed by atoms with van der Waals surface area (Å²) in [5.41, 5.74) is 4.95. The maximum atomic E-state index is 10.4. The Bertz CT molecular complexity index is 134. The molecule has 1 unspecified atom stereocenters. The summed E-state index contributed by atoms with van der Waals surface area (Å²) >= 11 is 0. The van der Waals surface area contributed by atoms with Crippen molar-refractivity contribution in [2.24, 2.45) is 11.7 Å². The molecule has 0 aromatic heterocycles. The minimum absolute atomic E-state index is 0.291. The number of carbonyl (C=O) groups excluding carboxylic acids is 1. The zero-order valence-electron chi connectivity index (χ0n) is 7.92. The summed E-state index contributed by atoms with van der Waals surface area (Å²) in [6.45, 7) is 4.22. The van der Waals surface area contributed by atoms with Gasteiger partial charge in [-0.15, -0.1) is 0 Å². The number of hydrogen-bond donors (Lipinski definition) is 2. The average molecular weight is 173 g/mol. The first-order chi connectivity index (χ1) is 5.52. The maximum absolute atomic E-state index is 10.4. The molecule has 0 radical (unpaired) electrons. The predicted octanol–water partition coefficient (Wildman–Crippen LogP) is 1.05. The Labute approximate surface area is 74.0 Å². The molecule has 0 spiro atoms. The summed E-state index contributed by atoms with van der Waals surface area (Å²) in [4.78, 5) is 10.4. The van der Waals surface area contributed by atoms with E-state index < -0.39 is 0 Å². The molecule has 0 rings (SSSR count). The molecule has 0 aliphatic heterocycles. The van der Waals surface area contributed by atoms with Crippen LogP contribution >= 0.6 is 0 Å². The molecule has 0 aromatic carbocycles. The van der Waals surface area contributed by atoms with Crippen LogP contribution in [0.4, 0.5) is 0 Å². The van der Waals surface area contributed by atoms with Crippen LogP contribution in [0.2, 0.25) is 0 Å². The number of rotatable bonds is 6. The van der Waals surface area contributed by atoms with Gasteiger partial charge in [-0.2, -0.15) is 0 Å². The molecule has 0 heterocycles. The molecule has 72 valence electrons. The molecule has 3 heteroatoms. The molecule has 3 nitrogen and oxygen atoms in total. The largest absolute Gasteiger partial charge is 0.393 e. The number of amides is 1. The van der Waals surface area contributed by atoms with E-state index >= 15 is 0 Å². The van der Waals surface area contributed by atoms with Crippen LogP contribution in [0.1, 0.15) is 39.5 Å². The van der Waals surface area contributed by atoms with Gasteiger partial charge in [-0.3, -0.25) is 4.79 Å². The van der Waals surface area contributed by atoms with Crippen LogP contribution in [0.15, 0.2) is 0 Å².